The van der Waals surface area contributed by atoms with Gasteiger partial charge in [-0.25, -0.2) is 0 Å². The maximum Gasteiger partial charge on any atom is 0.0780 e. The molecule has 0 unspecified atom stereocenters. The first-order valence-corrected chi connectivity index (χ1v) is 10.2. The first-order chi connectivity index (χ1) is 14.9. The van der Waals surface area contributed by atoms with Gasteiger partial charge in [0, 0.05) is 17.1 Å². The van der Waals surface area contributed by atoms with Crippen LogP contribution in [0.5, 0.6) is 0 Å². The molecule has 0 spiro atoms. The van der Waals surface area contributed by atoms with E-state index < -0.39 is 0 Å². The second kappa shape index (κ2) is 6.82. The third-order valence-electron chi connectivity index (χ3n) is 5.91. The van der Waals surface area contributed by atoms with Crippen molar-refractivity contribution in [1.29, 1.82) is 0 Å². The molecule has 0 aliphatic heterocycles. The zero-order valence-electron chi connectivity index (χ0n) is 16.4. The Morgan fingerprint density at radius 3 is 2.03 bits per heavy atom. The lowest BCUT2D eigenvalue weighted by Gasteiger charge is -2.11. The standard InChI is InChI=1S/C29H19N/c1-3-12-24-20(7-1)9-6-14-26(24)22-10-5-11-23(19-22)29-28-16-15-21-8-2-4-13-25(21)27(28)17-18-30-29/h1-19H. The Labute approximate surface area is 175 Å². The van der Waals surface area contributed by atoms with E-state index >= 15 is 0 Å². The summed E-state index contributed by atoms with van der Waals surface area (Å²) in [5.74, 6) is 0. The molecular formula is C29H19N. The highest BCUT2D eigenvalue weighted by molar-refractivity contribution is 6.11. The summed E-state index contributed by atoms with van der Waals surface area (Å²) in [5, 5.41) is 7.49. The lowest BCUT2D eigenvalue weighted by molar-refractivity contribution is 1.36. The van der Waals surface area contributed by atoms with Gasteiger partial charge in [0.25, 0.3) is 0 Å². The molecule has 0 aliphatic rings. The number of hydrogen-bond acceptors (Lipinski definition) is 1. The Kier molecular flexibility index (Phi) is 3.85. The molecule has 140 valence electrons. The predicted octanol–water partition coefficient (Wildman–Crippen LogP) is 7.88. The smallest absolute Gasteiger partial charge is 0.0780 e. The van der Waals surface area contributed by atoms with Crippen LogP contribution in [0.4, 0.5) is 0 Å². The van der Waals surface area contributed by atoms with Crippen molar-refractivity contribution >= 4 is 32.3 Å². The molecule has 0 N–H and O–H groups in total. The molecule has 0 fully saturated rings. The fourth-order valence-electron chi connectivity index (χ4n) is 4.48. The number of fused-ring (bicyclic) bond motifs is 4. The first kappa shape index (κ1) is 16.9. The third kappa shape index (κ3) is 2.67. The van der Waals surface area contributed by atoms with Gasteiger partial charge in [-0.05, 0) is 50.2 Å². The lowest BCUT2D eigenvalue weighted by atomic mass is 9.94. The molecule has 1 heterocycles. The van der Waals surface area contributed by atoms with Gasteiger partial charge < -0.3 is 0 Å². The van der Waals surface area contributed by atoms with E-state index in [0.29, 0.717) is 0 Å². The molecule has 0 atom stereocenters. The van der Waals surface area contributed by atoms with Crippen molar-refractivity contribution in [2.24, 2.45) is 0 Å². The summed E-state index contributed by atoms with van der Waals surface area (Å²) in [6.45, 7) is 0. The minimum absolute atomic E-state index is 1.03. The van der Waals surface area contributed by atoms with Crippen molar-refractivity contribution in [3.8, 4) is 22.4 Å². The molecule has 0 saturated heterocycles. The van der Waals surface area contributed by atoms with Crippen LogP contribution in [0.15, 0.2) is 115 Å². The quantitative estimate of drug-likeness (QED) is 0.278. The summed E-state index contributed by atoms with van der Waals surface area (Å²) in [5.41, 5.74) is 4.63. The van der Waals surface area contributed by atoms with Crippen molar-refractivity contribution < 1.29 is 0 Å². The van der Waals surface area contributed by atoms with Gasteiger partial charge in [-0.3, -0.25) is 4.98 Å². The number of benzene rings is 5. The number of rotatable bonds is 2. The van der Waals surface area contributed by atoms with Gasteiger partial charge in [0.1, 0.15) is 0 Å². The van der Waals surface area contributed by atoms with Crippen molar-refractivity contribution in [3.05, 3.63) is 115 Å². The van der Waals surface area contributed by atoms with E-state index in [2.05, 4.69) is 109 Å². The van der Waals surface area contributed by atoms with Crippen LogP contribution in [-0.2, 0) is 0 Å². The Morgan fingerprint density at radius 2 is 1.13 bits per heavy atom. The van der Waals surface area contributed by atoms with Crippen LogP contribution in [0.25, 0.3) is 54.7 Å². The van der Waals surface area contributed by atoms with Crippen molar-refractivity contribution in [1.82, 2.24) is 4.98 Å². The van der Waals surface area contributed by atoms with E-state index in [9.17, 15) is 0 Å². The zero-order chi connectivity index (χ0) is 19.9. The SMILES string of the molecule is c1cc(-c2cccc3ccccc23)cc(-c2nccc3c2ccc2ccccc23)c1. The Hall–Kier alpha value is -3.97. The maximum absolute atomic E-state index is 4.78. The summed E-state index contributed by atoms with van der Waals surface area (Å²) < 4.78 is 0. The number of hydrogen-bond donors (Lipinski definition) is 0. The van der Waals surface area contributed by atoms with Gasteiger partial charge >= 0.3 is 0 Å². The third-order valence-corrected chi connectivity index (χ3v) is 5.91. The summed E-state index contributed by atoms with van der Waals surface area (Å²) in [6, 6.07) is 38.8. The fourth-order valence-corrected chi connectivity index (χ4v) is 4.48. The number of pyridine rings is 1. The molecule has 1 nitrogen and oxygen atoms in total. The topological polar surface area (TPSA) is 12.9 Å². The van der Waals surface area contributed by atoms with E-state index in [-0.39, 0.29) is 0 Å². The lowest BCUT2D eigenvalue weighted by Crippen LogP contribution is -1.88. The number of aromatic nitrogens is 1. The van der Waals surface area contributed by atoms with Crippen LogP contribution < -0.4 is 0 Å². The molecule has 6 rings (SSSR count). The molecule has 0 amide bonds. The van der Waals surface area contributed by atoms with Crippen LogP contribution >= 0.6 is 0 Å². The predicted molar refractivity (Wildman–Crippen MR) is 128 cm³/mol. The van der Waals surface area contributed by atoms with Crippen molar-refractivity contribution in [3.63, 3.8) is 0 Å². The van der Waals surface area contributed by atoms with E-state index in [0.717, 1.165) is 11.3 Å². The first-order valence-electron chi connectivity index (χ1n) is 10.2. The zero-order valence-corrected chi connectivity index (χ0v) is 16.4. The van der Waals surface area contributed by atoms with Crippen LogP contribution in [0.1, 0.15) is 0 Å². The fraction of sp³-hybridized carbons (Fsp3) is 0. The highest BCUT2D eigenvalue weighted by atomic mass is 14.7. The van der Waals surface area contributed by atoms with E-state index in [1.165, 1.54) is 43.4 Å². The average molecular weight is 381 g/mol. The summed E-state index contributed by atoms with van der Waals surface area (Å²) in [7, 11) is 0. The molecule has 30 heavy (non-hydrogen) atoms. The maximum atomic E-state index is 4.78. The summed E-state index contributed by atoms with van der Waals surface area (Å²) in [4.78, 5) is 4.78. The molecular weight excluding hydrogens is 362 g/mol. The molecule has 1 heteroatoms. The largest absolute Gasteiger partial charge is 0.256 e. The van der Waals surface area contributed by atoms with Crippen molar-refractivity contribution in [2.75, 3.05) is 0 Å². The molecule has 0 radical (unpaired) electrons. The van der Waals surface area contributed by atoms with Crippen LogP contribution in [0.3, 0.4) is 0 Å². The van der Waals surface area contributed by atoms with E-state index in [1.54, 1.807) is 0 Å². The van der Waals surface area contributed by atoms with Gasteiger partial charge in [0.05, 0.1) is 5.69 Å². The van der Waals surface area contributed by atoms with Crippen LogP contribution in [0.2, 0.25) is 0 Å². The minimum Gasteiger partial charge on any atom is -0.256 e. The Balaban J connectivity index is 1.58. The van der Waals surface area contributed by atoms with Gasteiger partial charge in [-0.15, -0.1) is 0 Å². The minimum atomic E-state index is 1.03. The molecule has 5 aromatic carbocycles. The number of nitrogens with zero attached hydrogens (tertiary/aromatic N) is 1. The highest BCUT2D eigenvalue weighted by Crippen LogP contribution is 2.35. The molecule has 0 aliphatic carbocycles. The Morgan fingerprint density at radius 1 is 0.433 bits per heavy atom. The summed E-state index contributed by atoms with van der Waals surface area (Å²) >= 11 is 0. The van der Waals surface area contributed by atoms with Gasteiger partial charge in [0.2, 0.25) is 0 Å². The normalized spacial score (nSPS) is 11.3. The molecule has 1 aromatic heterocycles. The Bertz CT molecular complexity index is 1540. The molecule has 6 aromatic rings. The van der Waals surface area contributed by atoms with E-state index in [1.807, 2.05) is 6.20 Å². The van der Waals surface area contributed by atoms with Crippen LogP contribution in [-0.4, -0.2) is 4.98 Å². The second-order valence-corrected chi connectivity index (χ2v) is 7.65. The molecule has 0 saturated carbocycles. The second-order valence-electron chi connectivity index (χ2n) is 7.65. The van der Waals surface area contributed by atoms with Gasteiger partial charge in [0.15, 0.2) is 0 Å². The summed E-state index contributed by atoms with van der Waals surface area (Å²) in [6.07, 6.45) is 1.93. The van der Waals surface area contributed by atoms with Gasteiger partial charge in [-0.1, -0.05) is 97.1 Å². The van der Waals surface area contributed by atoms with Gasteiger partial charge in [-0.2, -0.15) is 0 Å². The van der Waals surface area contributed by atoms with E-state index in [4.69, 9.17) is 4.98 Å². The molecule has 0 bridgehead atoms. The van der Waals surface area contributed by atoms with Crippen molar-refractivity contribution in [2.45, 2.75) is 0 Å². The monoisotopic (exact) mass is 381 g/mol. The van der Waals surface area contributed by atoms with Crippen LogP contribution in [0, 0.1) is 0 Å². The highest BCUT2D eigenvalue weighted by Gasteiger charge is 2.10. The average Bonchev–Trinajstić information content (AvgIpc) is 2.83.